The number of carbonyl (C=O) groups is 2. The summed E-state index contributed by atoms with van der Waals surface area (Å²) in [5, 5.41) is 0. The third-order valence-electron chi connectivity index (χ3n) is 5.24. The van der Waals surface area contributed by atoms with Gasteiger partial charge in [0.25, 0.3) is 5.56 Å². The van der Waals surface area contributed by atoms with Gasteiger partial charge in [-0.3, -0.25) is 9.36 Å². The minimum atomic E-state index is -0.743. The van der Waals surface area contributed by atoms with Crippen LogP contribution in [-0.4, -0.2) is 30.7 Å². The van der Waals surface area contributed by atoms with E-state index in [0.29, 0.717) is 26.2 Å². The summed E-state index contributed by atoms with van der Waals surface area (Å²) in [5.41, 5.74) is 2.35. The van der Waals surface area contributed by atoms with Crippen LogP contribution in [0.15, 0.2) is 74.1 Å². The molecule has 3 aromatic rings. The van der Waals surface area contributed by atoms with Gasteiger partial charge in [-0.1, -0.05) is 51.5 Å². The van der Waals surface area contributed by atoms with Crippen LogP contribution in [0.4, 0.5) is 0 Å². The van der Waals surface area contributed by atoms with Crippen LogP contribution in [-0.2, 0) is 14.3 Å². The van der Waals surface area contributed by atoms with Crippen LogP contribution in [0.2, 0.25) is 0 Å². The molecular weight excluding hydrogens is 508 g/mol. The van der Waals surface area contributed by atoms with E-state index < -0.39 is 18.0 Å². The average molecular weight is 527 g/mol. The molecule has 1 unspecified atom stereocenters. The normalized spacial score (nSPS) is 15.6. The third kappa shape index (κ3) is 4.34. The maximum atomic E-state index is 13.5. The Kier molecular flexibility index (Phi) is 6.44. The molecule has 0 amide bonds. The topological polar surface area (TPSA) is 87.0 Å². The van der Waals surface area contributed by atoms with Crippen molar-refractivity contribution in [3.8, 4) is 0 Å². The fourth-order valence-corrected chi connectivity index (χ4v) is 4.95. The number of halogens is 1. The number of thiazole rings is 1. The summed E-state index contributed by atoms with van der Waals surface area (Å²) in [4.78, 5) is 43.0. The summed E-state index contributed by atoms with van der Waals surface area (Å²) in [6.07, 6.45) is 1.80. The smallest absolute Gasteiger partial charge is 0.338 e. The standard InChI is InChI=1S/C24H19BrN2O5S/c1-13-19(23(30)32-3)20(15-6-8-16(9-7-15)22(29)31-2)27-21(28)18(33-24(27)26-13)12-14-4-10-17(25)11-5-14/h4-12,20H,1-3H3. The Balaban J connectivity index is 1.92. The number of ether oxygens (including phenoxy) is 2. The number of hydrogen-bond acceptors (Lipinski definition) is 7. The molecule has 0 radical (unpaired) electrons. The molecule has 2 aromatic carbocycles. The summed E-state index contributed by atoms with van der Waals surface area (Å²) in [6, 6.07) is 13.4. The Morgan fingerprint density at radius 1 is 1.03 bits per heavy atom. The lowest BCUT2D eigenvalue weighted by atomic mass is 9.95. The maximum absolute atomic E-state index is 13.5. The first kappa shape index (κ1) is 22.9. The zero-order valence-electron chi connectivity index (χ0n) is 18.0. The van der Waals surface area contributed by atoms with E-state index in [0.717, 1.165) is 10.0 Å². The van der Waals surface area contributed by atoms with Crippen LogP contribution in [0, 0.1) is 0 Å². The van der Waals surface area contributed by atoms with E-state index in [4.69, 9.17) is 9.47 Å². The van der Waals surface area contributed by atoms with Crippen molar-refractivity contribution in [1.82, 2.24) is 4.57 Å². The average Bonchev–Trinajstić information content (AvgIpc) is 3.13. The van der Waals surface area contributed by atoms with E-state index in [9.17, 15) is 14.4 Å². The SMILES string of the molecule is COC(=O)C1=C(C)N=c2sc(=Cc3ccc(Br)cc3)c(=O)n2C1c1ccc(C(=O)OC)cc1. The van der Waals surface area contributed by atoms with E-state index in [1.54, 1.807) is 37.3 Å². The van der Waals surface area contributed by atoms with Crippen molar-refractivity contribution in [3.05, 3.63) is 101 Å². The quantitative estimate of drug-likeness (QED) is 0.487. The molecule has 1 aliphatic heterocycles. The Hall–Kier alpha value is -3.30. The van der Waals surface area contributed by atoms with E-state index in [-0.39, 0.29) is 11.1 Å². The van der Waals surface area contributed by atoms with Crippen molar-refractivity contribution in [3.63, 3.8) is 0 Å². The zero-order chi connectivity index (χ0) is 23.7. The fraction of sp³-hybridized carbons (Fsp3) is 0.167. The molecule has 4 rings (SSSR count). The summed E-state index contributed by atoms with van der Waals surface area (Å²) in [5.74, 6) is -1.04. The van der Waals surface area contributed by atoms with Crippen molar-refractivity contribution in [2.45, 2.75) is 13.0 Å². The second-order valence-corrected chi connectivity index (χ2v) is 9.16. The number of rotatable bonds is 4. The second-order valence-electron chi connectivity index (χ2n) is 7.24. The third-order valence-corrected chi connectivity index (χ3v) is 6.75. The highest BCUT2D eigenvalue weighted by Crippen LogP contribution is 2.30. The van der Waals surface area contributed by atoms with E-state index in [1.165, 1.54) is 30.1 Å². The number of allylic oxidation sites excluding steroid dienone is 1. The molecule has 0 bridgehead atoms. The fourth-order valence-electron chi connectivity index (χ4n) is 3.64. The van der Waals surface area contributed by atoms with Crippen molar-refractivity contribution in [2.24, 2.45) is 4.99 Å². The first-order valence-corrected chi connectivity index (χ1v) is 11.5. The number of fused-ring (bicyclic) bond motifs is 1. The summed E-state index contributed by atoms with van der Waals surface area (Å²) in [7, 11) is 2.60. The predicted octanol–water partition coefficient (Wildman–Crippen LogP) is 2.96. The van der Waals surface area contributed by atoms with Gasteiger partial charge in [0.05, 0.1) is 41.6 Å². The Bertz CT molecular complexity index is 1450. The van der Waals surface area contributed by atoms with Crippen LogP contribution in [0.3, 0.4) is 0 Å². The summed E-state index contributed by atoms with van der Waals surface area (Å²) >= 11 is 4.66. The zero-order valence-corrected chi connectivity index (χ0v) is 20.4. The van der Waals surface area contributed by atoms with E-state index in [1.807, 2.05) is 24.3 Å². The molecule has 0 fully saturated rings. The number of nitrogens with zero attached hydrogens (tertiary/aromatic N) is 2. The molecule has 9 heteroatoms. The highest BCUT2D eigenvalue weighted by molar-refractivity contribution is 9.10. The molecule has 0 N–H and O–H groups in total. The molecule has 1 aromatic heterocycles. The van der Waals surface area contributed by atoms with Gasteiger partial charge in [0.1, 0.15) is 0 Å². The molecule has 0 aliphatic carbocycles. The number of hydrogen-bond donors (Lipinski definition) is 0. The monoisotopic (exact) mass is 526 g/mol. The van der Waals surface area contributed by atoms with Gasteiger partial charge in [0.15, 0.2) is 4.80 Å². The lowest BCUT2D eigenvalue weighted by Crippen LogP contribution is -2.39. The number of aromatic nitrogens is 1. The molecule has 0 saturated heterocycles. The van der Waals surface area contributed by atoms with E-state index in [2.05, 4.69) is 20.9 Å². The number of esters is 2. The van der Waals surface area contributed by atoms with Crippen LogP contribution >= 0.6 is 27.3 Å². The summed E-state index contributed by atoms with van der Waals surface area (Å²) < 4.78 is 12.7. The molecule has 1 aliphatic rings. The molecule has 7 nitrogen and oxygen atoms in total. The van der Waals surface area contributed by atoms with Crippen molar-refractivity contribution >= 4 is 45.3 Å². The molecule has 33 heavy (non-hydrogen) atoms. The Labute approximate surface area is 201 Å². The van der Waals surface area contributed by atoms with Crippen molar-refractivity contribution < 1.29 is 19.1 Å². The minimum Gasteiger partial charge on any atom is -0.466 e. The van der Waals surface area contributed by atoms with Crippen LogP contribution in [0.1, 0.15) is 34.5 Å². The van der Waals surface area contributed by atoms with Gasteiger partial charge in [-0.25, -0.2) is 14.6 Å². The second kappa shape index (κ2) is 9.29. The van der Waals surface area contributed by atoms with Crippen molar-refractivity contribution in [1.29, 1.82) is 0 Å². The minimum absolute atomic E-state index is 0.266. The molecule has 0 saturated carbocycles. The highest BCUT2D eigenvalue weighted by Gasteiger charge is 2.33. The summed E-state index contributed by atoms with van der Waals surface area (Å²) in [6.45, 7) is 1.72. The highest BCUT2D eigenvalue weighted by atomic mass is 79.9. The molecule has 168 valence electrons. The Morgan fingerprint density at radius 3 is 2.27 bits per heavy atom. The van der Waals surface area contributed by atoms with Gasteiger partial charge in [-0.15, -0.1) is 0 Å². The largest absolute Gasteiger partial charge is 0.466 e. The van der Waals surface area contributed by atoms with Gasteiger partial charge in [-0.2, -0.15) is 0 Å². The van der Waals surface area contributed by atoms with Gasteiger partial charge in [0.2, 0.25) is 0 Å². The van der Waals surface area contributed by atoms with Crippen LogP contribution < -0.4 is 14.9 Å². The number of carbonyl (C=O) groups excluding carboxylic acids is 2. The van der Waals surface area contributed by atoms with Crippen LogP contribution in [0.5, 0.6) is 0 Å². The first-order chi connectivity index (χ1) is 15.8. The lowest BCUT2D eigenvalue weighted by Gasteiger charge is -2.24. The van der Waals surface area contributed by atoms with Crippen molar-refractivity contribution in [2.75, 3.05) is 14.2 Å². The van der Waals surface area contributed by atoms with Gasteiger partial charge in [-0.05, 0) is 48.4 Å². The number of benzene rings is 2. The molecule has 2 heterocycles. The molecular formula is C24H19BrN2O5S. The van der Waals surface area contributed by atoms with Crippen LogP contribution in [0.25, 0.3) is 6.08 Å². The first-order valence-electron chi connectivity index (χ1n) is 9.88. The Morgan fingerprint density at radius 2 is 1.67 bits per heavy atom. The van der Waals surface area contributed by atoms with Gasteiger partial charge >= 0.3 is 11.9 Å². The lowest BCUT2D eigenvalue weighted by molar-refractivity contribution is -0.136. The predicted molar refractivity (Wildman–Crippen MR) is 128 cm³/mol. The maximum Gasteiger partial charge on any atom is 0.338 e. The molecule has 0 spiro atoms. The molecule has 1 atom stereocenters. The van der Waals surface area contributed by atoms with E-state index >= 15 is 0 Å². The van der Waals surface area contributed by atoms with Gasteiger partial charge < -0.3 is 9.47 Å². The van der Waals surface area contributed by atoms with Gasteiger partial charge in [0, 0.05) is 4.47 Å². The number of methoxy groups -OCH3 is 2.